The van der Waals surface area contributed by atoms with E-state index in [-0.39, 0.29) is 11.5 Å². The minimum absolute atomic E-state index is 0.252. The second kappa shape index (κ2) is 11.2. The number of hydrogen-bond acceptors (Lipinski definition) is 6. The molecule has 9 heteroatoms. The highest BCUT2D eigenvalue weighted by atomic mass is 19.1. The Labute approximate surface area is 198 Å². The van der Waals surface area contributed by atoms with Crippen molar-refractivity contribution in [2.24, 2.45) is 0 Å². The number of alkyl carbamates (subject to hydrolysis) is 1. The molecule has 0 radical (unpaired) electrons. The van der Waals surface area contributed by atoms with Crippen molar-refractivity contribution in [3.8, 4) is 11.5 Å². The van der Waals surface area contributed by atoms with Gasteiger partial charge in [0.2, 0.25) is 0 Å². The Morgan fingerprint density at radius 3 is 1.74 bits per heavy atom. The monoisotopic (exact) mass is 479 g/mol. The number of halogens is 2. The zero-order chi connectivity index (χ0) is 25.6. The molecule has 2 atom stereocenters. The first-order valence-electron chi connectivity index (χ1n) is 10.7. The highest BCUT2D eigenvalue weighted by molar-refractivity contribution is 5.81. The number of rotatable bonds is 8. The van der Waals surface area contributed by atoms with Crippen LogP contribution < -0.4 is 14.8 Å². The zero-order valence-corrected chi connectivity index (χ0v) is 20.4. The van der Waals surface area contributed by atoms with Crippen LogP contribution >= 0.6 is 0 Å². The van der Waals surface area contributed by atoms with Gasteiger partial charge in [-0.1, -0.05) is 0 Å². The molecule has 0 aliphatic carbocycles. The number of hydrogen-bond donors (Lipinski definition) is 1. The smallest absolute Gasteiger partial charge is 0.408 e. The molecule has 2 rings (SSSR count). The summed E-state index contributed by atoms with van der Waals surface area (Å²) in [5, 5.41) is 2.42. The fourth-order valence-corrected chi connectivity index (χ4v) is 3.39. The Balaban J connectivity index is 2.36. The molecule has 34 heavy (non-hydrogen) atoms. The lowest BCUT2D eigenvalue weighted by atomic mass is 9.86. The van der Waals surface area contributed by atoms with Crippen LogP contribution in [-0.4, -0.2) is 44.0 Å². The Morgan fingerprint density at radius 1 is 0.853 bits per heavy atom. The van der Waals surface area contributed by atoms with E-state index in [4.69, 9.17) is 18.9 Å². The van der Waals surface area contributed by atoms with Crippen molar-refractivity contribution in [1.29, 1.82) is 0 Å². The number of carbonyl (C=O) groups excluding carboxylic acids is 2. The van der Waals surface area contributed by atoms with Crippen molar-refractivity contribution < 1.29 is 37.3 Å². The predicted molar refractivity (Wildman–Crippen MR) is 122 cm³/mol. The molecule has 186 valence electrons. The lowest BCUT2D eigenvalue weighted by Gasteiger charge is -2.27. The Morgan fingerprint density at radius 2 is 1.32 bits per heavy atom. The van der Waals surface area contributed by atoms with Gasteiger partial charge < -0.3 is 24.3 Å². The summed E-state index contributed by atoms with van der Waals surface area (Å²) < 4.78 is 49.7. The second-order valence-corrected chi connectivity index (χ2v) is 8.84. The Bertz CT molecular complexity index is 967. The molecule has 0 saturated heterocycles. The summed E-state index contributed by atoms with van der Waals surface area (Å²) >= 11 is 0. The van der Waals surface area contributed by atoms with E-state index < -0.39 is 47.4 Å². The van der Waals surface area contributed by atoms with Crippen LogP contribution in [0.5, 0.6) is 11.5 Å². The number of nitrogens with one attached hydrogen (secondary N) is 1. The summed E-state index contributed by atoms with van der Waals surface area (Å²) in [7, 11) is 2.79. The summed E-state index contributed by atoms with van der Waals surface area (Å²) in [5.41, 5.74) is 0.0639. The van der Waals surface area contributed by atoms with Gasteiger partial charge in [-0.3, -0.25) is 0 Å². The van der Waals surface area contributed by atoms with Crippen molar-refractivity contribution in [2.75, 3.05) is 14.2 Å². The van der Waals surface area contributed by atoms with Gasteiger partial charge in [0.1, 0.15) is 40.9 Å². The lowest BCUT2D eigenvalue weighted by molar-refractivity contribution is -0.150. The SMILES string of the molecule is COc1cc(F)cc(C(c2cc(F)cc(OC)c2)[C@H](C)OC(=O)[C@H](C)NC(=O)OC(C)(C)C)c1. The lowest BCUT2D eigenvalue weighted by Crippen LogP contribution is -2.43. The van der Waals surface area contributed by atoms with Crippen LogP contribution in [0.15, 0.2) is 36.4 Å². The van der Waals surface area contributed by atoms with Gasteiger partial charge in [-0.2, -0.15) is 0 Å². The van der Waals surface area contributed by atoms with Crippen LogP contribution in [0, 0.1) is 11.6 Å². The van der Waals surface area contributed by atoms with Crippen molar-refractivity contribution in [1.82, 2.24) is 5.32 Å². The Hall–Kier alpha value is -3.36. The van der Waals surface area contributed by atoms with Gasteiger partial charge in [-0.15, -0.1) is 0 Å². The third-order valence-corrected chi connectivity index (χ3v) is 4.84. The fourth-order valence-electron chi connectivity index (χ4n) is 3.39. The Kier molecular flexibility index (Phi) is 8.84. The van der Waals surface area contributed by atoms with Gasteiger partial charge in [0.25, 0.3) is 0 Å². The van der Waals surface area contributed by atoms with Crippen molar-refractivity contribution in [3.05, 3.63) is 59.2 Å². The molecule has 0 heterocycles. The second-order valence-electron chi connectivity index (χ2n) is 8.84. The molecule has 1 N–H and O–H groups in total. The van der Waals surface area contributed by atoms with E-state index in [9.17, 15) is 18.4 Å². The summed E-state index contributed by atoms with van der Waals surface area (Å²) in [6.07, 6.45) is -1.65. The molecule has 0 saturated carbocycles. The number of esters is 1. The first kappa shape index (κ1) is 26.9. The average Bonchev–Trinajstić information content (AvgIpc) is 2.71. The van der Waals surface area contributed by atoms with E-state index in [1.54, 1.807) is 39.8 Å². The van der Waals surface area contributed by atoms with Gasteiger partial charge >= 0.3 is 12.1 Å². The average molecular weight is 480 g/mol. The van der Waals surface area contributed by atoms with Gasteiger partial charge in [0.15, 0.2) is 0 Å². The molecule has 2 aromatic rings. The molecule has 0 bridgehead atoms. The quantitative estimate of drug-likeness (QED) is 0.539. The predicted octanol–water partition coefficient (Wildman–Crippen LogP) is 4.96. The normalized spacial score (nSPS) is 13.1. The summed E-state index contributed by atoms with van der Waals surface area (Å²) in [4.78, 5) is 24.7. The topological polar surface area (TPSA) is 83.1 Å². The van der Waals surface area contributed by atoms with E-state index in [1.807, 2.05) is 0 Å². The van der Waals surface area contributed by atoms with Crippen molar-refractivity contribution >= 4 is 12.1 Å². The first-order valence-corrected chi connectivity index (χ1v) is 10.7. The summed E-state index contributed by atoms with van der Waals surface area (Å²) in [6.45, 7) is 8.14. The molecule has 2 aromatic carbocycles. The van der Waals surface area contributed by atoms with Crippen LogP contribution in [0.3, 0.4) is 0 Å². The molecule has 0 unspecified atom stereocenters. The van der Waals surface area contributed by atoms with Crippen LogP contribution in [0.25, 0.3) is 0 Å². The maximum absolute atomic E-state index is 14.3. The van der Waals surface area contributed by atoms with E-state index in [1.165, 1.54) is 45.4 Å². The minimum atomic E-state index is -1.03. The molecule has 0 aliphatic heterocycles. The van der Waals surface area contributed by atoms with Crippen LogP contribution in [-0.2, 0) is 14.3 Å². The van der Waals surface area contributed by atoms with Crippen molar-refractivity contribution in [3.63, 3.8) is 0 Å². The molecule has 0 aromatic heterocycles. The molecule has 1 amide bonds. The third kappa shape index (κ3) is 7.60. The molecular formula is C25H31F2NO6. The van der Waals surface area contributed by atoms with E-state index >= 15 is 0 Å². The maximum Gasteiger partial charge on any atom is 0.408 e. The summed E-state index contributed by atoms with van der Waals surface area (Å²) in [5.74, 6) is -2.15. The molecule has 0 aliphatic rings. The highest BCUT2D eigenvalue weighted by Gasteiger charge is 2.30. The maximum atomic E-state index is 14.3. The third-order valence-electron chi connectivity index (χ3n) is 4.84. The van der Waals surface area contributed by atoms with Gasteiger partial charge in [-0.05, 0) is 70.0 Å². The standard InChI is InChI=1S/C25H31F2NO6/c1-14(28-24(30)34-25(3,4)5)23(29)33-15(2)22(16-8-18(26)12-20(10-16)31-6)17-9-19(27)13-21(11-17)32-7/h8-15,22H,1-7H3,(H,28,30)/t14-,15-/m0/s1. The number of amides is 1. The molecule has 0 fully saturated rings. The van der Waals surface area contributed by atoms with Gasteiger partial charge in [0.05, 0.1) is 14.2 Å². The minimum Gasteiger partial charge on any atom is -0.497 e. The van der Waals surface area contributed by atoms with Gasteiger partial charge in [-0.25, -0.2) is 18.4 Å². The van der Waals surface area contributed by atoms with E-state index in [2.05, 4.69) is 5.32 Å². The van der Waals surface area contributed by atoms with E-state index in [0.717, 1.165) is 0 Å². The summed E-state index contributed by atoms with van der Waals surface area (Å²) in [6, 6.07) is 7.07. The van der Waals surface area contributed by atoms with Crippen LogP contribution in [0.4, 0.5) is 13.6 Å². The first-order chi connectivity index (χ1) is 15.8. The van der Waals surface area contributed by atoms with Gasteiger partial charge in [0, 0.05) is 18.1 Å². The van der Waals surface area contributed by atoms with Crippen molar-refractivity contribution in [2.45, 2.75) is 58.3 Å². The number of carbonyl (C=O) groups is 2. The fraction of sp³-hybridized carbons (Fsp3) is 0.440. The number of benzene rings is 2. The van der Waals surface area contributed by atoms with Crippen LogP contribution in [0.2, 0.25) is 0 Å². The largest absolute Gasteiger partial charge is 0.497 e. The highest BCUT2D eigenvalue weighted by Crippen LogP contribution is 2.35. The number of methoxy groups -OCH3 is 2. The molecule has 7 nitrogen and oxygen atoms in total. The molecule has 0 spiro atoms. The number of ether oxygens (including phenoxy) is 4. The zero-order valence-electron chi connectivity index (χ0n) is 20.4. The van der Waals surface area contributed by atoms with E-state index in [0.29, 0.717) is 11.1 Å². The molecular weight excluding hydrogens is 448 g/mol. The van der Waals surface area contributed by atoms with Crippen LogP contribution in [0.1, 0.15) is 51.7 Å².